The fourth-order valence-corrected chi connectivity index (χ4v) is 2.26. The number of hydrogen-bond donors (Lipinski definition) is 1. The van der Waals surface area contributed by atoms with Crippen LogP contribution in [0, 0.1) is 5.92 Å². The summed E-state index contributed by atoms with van der Waals surface area (Å²) in [6, 6.07) is 9.14. The minimum Gasteiger partial charge on any atom is -0.314 e. The van der Waals surface area contributed by atoms with E-state index in [1.54, 1.807) is 0 Å². The minimum absolute atomic E-state index is 0.573. The van der Waals surface area contributed by atoms with Gasteiger partial charge in [0, 0.05) is 23.6 Å². The van der Waals surface area contributed by atoms with E-state index in [9.17, 15) is 0 Å². The molecule has 1 aromatic carbocycles. The molecule has 1 N–H and O–H groups in total. The van der Waals surface area contributed by atoms with Crippen molar-refractivity contribution in [1.29, 1.82) is 0 Å². The Morgan fingerprint density at radius 1 is 1.17 bits per heavy atom. The Hall–Kier alpha value is -0.380. The van der Waals surface area contributed by atoms with E-state index in [-0.39, 0.29) is 0 Å². The van der Waals surface area contributed by atoms with Gasteiger partial charge in [-0.2, -0.15) is 0 Å². The SMILES string of the molecule is CC(CNC(C)C)CN(C)Cc1ccc(Br)cc1. The van der Waals surface area contributed by atoms with Gasteiger partial charge in [0.25, 0.3) is 0 Å². The van der Waals surface area contributed by atoms with E-state index < -0.39 is 0 Å². The van der Waals surface area contributed by atoms with Crippen molar-refractivity contribution in [3.63, 3.8) is 0 Å². The fraction of sp³-hybridized carbons (Fsp3) is 0.600. The molecule has 0 amide bonds. The zero-order valence-corrected chi connectivity index (χ0v) is 13.5. The third-order valence-corrected chi connectivity index (χ3v) is 3.39. The molecule has 1 rings (SSSR count). The van der Waals surface area contributed by atoms with Gasteiger partial charge in [-0.1, -0.05) is 48.8 Å². The maximum Gasteiger partial charge on any atom is 0.0230 e. The summed E-state index contributed by atoms with van der Waals surface area (Å²) in [5.74, 6) is 0.674. The standard InChI is InChI=1S/C15H25BrN2/c1-12(2)17-9-13(3)10-18(4)11-14-5-7-15(16)8-6-14/h5-8,12-13,17H,9-11H2,1-4H3. The van der Waals surface area contributed by atoms with Gasteiger partial charge >= 0.3 is 0 Å². The summed E-state index contributed by atoms with van der Waals surface area (Å²) < 4.78 is 1.14. The third kappa shape index (κ3) is 6.53. The first kappa shape index (κ1) is 15.7. The van der Waals surface area contributed by atoms with Gasteiger partial charge in [-0.25, -0.2) is 0 Å². The average molecular weight is 313 g/mol. The maximum atomic E-state index is 3.49. The van der Waals surface area contributed by atoms with Crippen LogP contribution in [0.4, 0.5) is 0 Å². The molecule has 18 heavy (non-hydrogen) atoms. The minimum atomic E-state index is 0.573. The number of hydrogen-bond acceptors (Lipinski definition) is 2. The molecule has 102 valence electrons. The van der Waals surface area contributed by atoms with Gasteiger partial charge in [-0.05, 0) is 37.2 Å². The first-order chi connectivity index (χ1) is 8.47. The maximum absolute atomic E-state index is 3.49. The Labute approximate surface area is 120 Å². The molecule has 0 aliphatic rings. The summed E-state index contributed by atoms with van der Waals surface area (Å²) in [4.78, 5) is 2.38. The predicted octanol–water partition coefficient (Wildman–Crippen LogP) is 3.52. The second-order valence-corrected chi connectivity index (χ2v) is 6.41. The van der Waals surface area contributed by atoms with E-state index in [1.165, 1.54) is 5.56 Å². The normalized spacial score (nSPS) is 13.3. The molecule has 0 aromatic heterocycles. The number of halogens is 1. The monoisotopic (exact) mass is 312 g/mol. The van der Waals surface area contributed by atoms with Crippen LogP contribution in [0.15, 0.2) is 28.7 Å². The molecule has 1 aromatic rings. The van der Waals surface area contributed by atoms with Crippen molar-refractivity contribution < 1.29 is 0 Å². The quantitative estimate of drug-likeness (QED) is 0.828. The average Bonchev–Trinajstić information content (AvgIpc) is 2.29. The smallest absolute Gasteiger partial charge is 0.0230 e. The Morgan fingerprint density at radius 2 is 1.78 bits per heavy atom. The Balaban J connectivity index is 2.32. The van der Waals surface area contributed by atoms with E-state index in [0.29, 0.717) is 12.0 Å². The van der Waals surface area contributed by atoms with Crippen LogP contribution < -0.4 is 5.32 Å². The van der Waals surface area contributed by atoms with Gasteiger partial charge in [-0.3, -0.25) is 0 Å². The summed E-state index contributed by atoms with van der Waals surface area (Å²) in [5, 5.41) is 3.49. The molecule has 0 aliphatic heterocycles. The first-order valence-electron chi connectivity index (χ1n) is 6.63. The van der Waals surface area contributed by atoms with Crippen LogP contribution in [0.3, 0.4) is 0 Å². The summed E-state index contributed by atoms with van der Waals surface area (Å²) in [7, 11) is 2.19. The topological polar surface area (TPSA) is 15.3 Å². The molecular weight excluding hydrogens is 288 g/mol. The first-order valence-corrected chi connectivity index (χ1v) is 7.43. The van der Waals surface area contributed by atoms with Crippen LogP contribution >= 0.6 is 15.9 Å². The van der Waals surface area contributed by atoms with Crippen LogP contribution in [-0.2, 0) is 6.54 Å². The van der Waals surface area contributed by atoms with E-state index in [4.69, 9.17) is 0 Å². The molecule has 1 atom stereocenters. The zero-order chi connectivity index (χ0) is 13.5. The van der Waals surface area contributed by atoms with Gasteiger partial charge in [0.2, 0.25) is 0 Å². The highest BCUT2D eigenvalue weighted by Crippen LogP contribution is 2.12. The number of nitrogens with one attached hydrogen (secondary N) is 1. The highest BCUT2D eigenvalue weighted by molar-refractivity contribution is 9.10. The van der Waals surface area contributed by atoms with Gasteiger partial charge < -0.3 is 10.2 Å². The Morgan fingerprint density at radius 3 is 2.33 bits per heavy atom. The van der Waals surface area contributed by atoms with E-state index in [1.807, 2.05) is 0 Å². The largest absolute Gasteiger partial charge is 0.314 e. The molecule has 0 aliphatic carbocycles. The van der Waals surface area contributed by atoms with Crippen molar-refractivity contribution >= 4 is 15.9 Å². The lowest BCUT2D eigenvalue weighted by molar-refractivity contribution is 0.271. The number of rotatable bonds is 7. The highest BCUT2D eigenvalue weighted by Gasteiger charge is 2.07. The van der Waals surface area contributed by atoms with Gasteiger partial charge in [0.15, 0.2) is 0 Å². The van der Waals surface area contributed by atoms with Crippen LogP contribution in [0.25, 0.3) is 0 Å². The molecule has 1 unspecified atom stereocenters. The summed E-state index contributed by atoms with van der Waals surface area (Å²) in [6.45, 7) is 9.90. The van der Waals surface area contributed by atoms with Crippen molar-refractivity contribution in [1.82, 2.24) is 10.2 Å². The zero-order valence-electron chi connectivity index (χ0n) is 11.9. The van der Waals surface area contributed by atoms with Gasteiger partial charge in [0.1, 0.15) is 0 Å². The van der Waals surface area contributed by atoms with Crippen LogP contribution in [0.2, 0.25) is 0 Å². The van der Waals surface area contributed by atoms with Crippen molar-refractivity contribution in [2.24, 2.45) is 5.92 Å². The second kappa shape index (κ2) is 7.93. The van der Waals surface area contributed by atoms with Crippen LogP contribution in [0.5, 0.6) is 0 Å². The van der Waals surface area contributed by atoms with Crippen LogP contribution in [-0.4, -0.2) is 31.1 Å². The molecule has 0 spiro atoms. The van der Waals surface area contributed by atoms with E-state index in [0.717, 1.165) is 24.1 Å². The van der Waals surface area contributed by atoms with Crippen molar-refractivity contribution in [2.75, 3.05) is 20.1 Å². The molecular formula is C15H25BrN2. The summed E-state index contributed by atoms with van der Waals surface area (Å²) in [5.41, 5.74) is 1.37. The summed E-state index contributed by atoms with van der Waals surface area (Å²) >= 11 is 3.46. The van der Waals surface area contributed by atoms with Gasteiger partial charge in [0.05, 0.1) is 0 Å². The molecule has 0 fully saturated rings. The van der Waals surface area contributed by atoms with Gasteiger partial charge in [-0.15, -0.1) is 0 Å². The lowest BCUT2D eigenvalue weighted by Gasteiger charge is -2.22. The lowest BCUT2D eigenvalue weighted by atomic mass is 10.1. The molecule has 0 bridgehead atoms. The Kier molecular flexibility index (Phi) is 6.90. The lowest BCUT2D eigenvalue weighted by Crippen LogP contribution is -2.33. The van der Waals surface area contributed by atoms with E-state index >= 15 is 0 Å². The van der Waals surface area contributed by atoms with Crippen molar-refractivity contribution in [3.8, 4) is 0 Å². The Bertz CT molecular complexity index is 335. The number of benzene rings is 1. The van der Waals surface area contributed by atoms with Crippen LogP contribution in [0.1, 0.15) is 26.3 Å². The molecule has 0 radical (unpaired) electrons. The highest BCUT2D eigenvalue weighted by atomic mass is 79.9. The second-order valence-electron chi connectivity index (χ2n) is 5.49. The molecule has 2 nitrogen and oxygen atoms in total. The number of nitrogens with zero attached hydrogens (tertiary/aromatic N) is 1. The van der Waals surface area contributed by atoms with Crippen molar-refractivity contribution in [3.05, 3.63) is 34.3 Å². The third-order valence-electron chi connectivity index (χ3n) is 2.86. The molecule has 0 saturated heterocycles. The molecule has 0 saturated carbocycles. The fourth-order valence-electron chi connectivity index (χ4n) is 2.00. The van der Waals surface area contributed by atoms with Crippen molar-refractivity contribution in [2.45, 2.75) is 33.4 Å². The summed E-state index contributed by atoms with van der Waals surface area (Å²) in [6.07, 6.45) is 0. The van der Waals surface area contributed by atoms with E-state index in [2.05, 4.69) is 78.2 Å². The molecule has 3 heteroatoms. The predicted molar refractivity (Wildman–Crippen MR) is 82.8 cm³/mol. The molecule has 0 heterocycles.